The van der Waals surface area contributed by atoms with Crippen molar-refractivity contribution in [3.63, 3.8) is 0 Å². The van der Waals surface area contributed by atoms with Gasteiger partial charge in [0.05, 0.1) is 0 Å². The predicted molar refractivity (Wildman–Crippen MR) is 19.7 cm³/mol. The molecule has 1 atom stereocenters. The highest BCUT2D eigenvalue weighted by Crippen LogP contribution is 1.67. The molecule has 0 spiro atoms. The molecule has 0 aromatic carbocycles. The van der Waals surface area contributed by atoms with Gasteiger partial charge in [-0.2, -0.15) is 0 Å². The topological polar surface area (TPSA) is 81.0 Å². The molecule has 0 rings (SSSR count). The zero-order chi connectivity index (χ0) is 5.15. The molecule has 0 saturated heterocycles. The fourth-order valence-corrected chi connectivity index (χ4v) is 0. The number of hydrogen-bond donors (Lipinski definition) is 1. The summed E-state index contributed by atoms with van der Waals surface area (Å²) in [5.74, 6) is 0. The van der Waals surface area contributed by atoms with E-state index in [2.05, 4.69) is 0 Å². The van der Waals surface area contributed by atoms with Crippen LogP contribution in [0, 0.1) is 4.78 Å². The van der Waals surface area contributed by atoms with Crippen molar-refractivity contribution in [1.29, 1.82) is 4.78 Å². The van der Waals surface area contributed by atoms with Gasteiger partial charge in [0, 0.05) is 0 Å². The van der Waals surface area contributed by atoms with Gasteiger partial charge in [0.2, 0.25) is 0 Å². The average molecular weight is 127 g/mol. The summed E-state index contributed by atoms with van der Waals surface area (Å²) < 4.78 is 33.6. The highest BCUT2D eigenvalue weighted by atomic mass is 33.1. The van der Waals surface area contributed by atoms with E-state index in [4.69, 9.17) is 4.78 Å². The number of hydrogen-bond acceptors (Lipinski definition) is 5. The van der Waals surface area contributed by atoms with Crippen LogP contribution in [0.15, 0.2) is 0 Å². The molecule has 0 aliphatic heterocycles. The second kappa shape index (κ2) is 2.27. The molecule has 38 valence electrons. The summed E-state index contributed by atoms with van der Waals surface area (Å²) in [4.78, 5) is 0. The lowest BCUT2D eigenvalue weighted by atomic mass is 14.0. The summed E-state index contributed by atoms with van der Waals surface area (Å²) in [5.41, 5.74) is 0. The summed E-state index contributed by atoms with van der Waals surface area (Å²) in [7, 11) is -5.18. The summed E-state index contributed by atoms with van der Waals surface area (Å²) in [6, 6.07) is 0. The van der Waals surface area contributed by atoms with Crippen molar-refractivity contribution in [3.05, 3.63) is 0 Å². The van der Waals surface area contributed by atoms with Crippen LogP contribution in [0.1, 0.15) is 0 Å². The van der Waals surface area contributed by atoms with Crippen molar-refractivity contribution >= 4 is 19.7 Å². The second-order valence-corrected chi connectivity index (χ2v) is 3.04. The van der Waals surface area contributed by atoms with Crippen molar-refractivity contribution < 1.29 is 13.0 Å². The minimum Gasteiger partial charge on any atom is -0.787 e. The first-order valence-electron chi connectivity index (χ1n) is 0.871. The van der Waals surface area contributed by atoms with Gasteiger partial charge in [0.25, 0.3) is 0 Å². The maximum absolute atomic E-state index is 9.31. The van der Waals surface area contributed by atoms with Crippen LogP contribution in [0.4, 0.5) is 0 Å². The first-order valence-corrected chi connectivity index (χ1v) is 3.61. The molecule has 6 heteroatoms. The molecule has 0 aromatic heterocycles. The Bertz CT molecular complexity index is 115. The van der Waals surface area contributed by atoms with Crippen molar-refractivity contribution in [2.45, 2.75) is 0 Å². The molecule has 6 heavy (non-hydrogen) atoms. The van der Waals surface area contributed by atoms with Crippen LogP contribution in [0.5, 0.6) is 0 Å². The largest absolute Gasteiger partial charge is 0.787 e. The van der Waals surface area contributed by atoms with Gasteiger partial charge >= 0.3 is 0 Å². The first-order chi connectivity index (χ1) is 2.64. The van der Waals surface area contributed by atoms with E-state index in [1.165, 1.54) is 0 Å². The van der Waals surface area contributed by atoms with E-state index in [0.717, 1.165) is 0 Å². The molecule has 0 heterocycles. The number of rotatable bonds is 1. The lowest BCUT2D eigenvalue weighted by Gasteiger charge is -2.01. The molecule has 1 N–H and O–H groups in total. The summed E-state index contributed by atoms with van der Waals surface area (Å²) in [6.07, 6.45) is 0. The van der Waals surface area contributed by atoms with E-state index in [9.17, 15) is 13.0 Å². The zero-order valence-electron chi connectivity index (χ0n) is 2.54. The van der Waals surface area contributed by atoms with Gasteiger partial charge in [0.1, 0.15) is 0 Å². The third kappa shape index (κ3) is 2.31. The van der Waals surface area contributed by atoms with Crippen LogP contribution < -0.4 is 0 Å². The molecule has 0 aliphatic rings. The first kappa shape index (κ1) is 6.06. The van der Waals surface area contributed by atoms with E-state index < -0.39 is 19.7 Å². The van der Waals surface area contributed by atoms with Crippen LogP contribution in [0.3, 0.4) is 0 Å². The normalized spacial score (nSPS) is 15.0. The fourth-order valence-electron chi connectivity index (χ4n) is 0. The van der Waals surface area contributed by atoms with E-state index >= 15 is 0 Å². The lowest BCUT2D eigenvalue weighted by molar-refractivity contribution is 0.546. The second-order valence-electron chi connectivity index (χ2n) is 0.439. The smallest absolute Gasteiger partial charge is 0.113 e. The molecule has 0 bridgehead atoms. The Morgan fingerprint density at radius 3 is 2.00 bits per heavy atom. The van der Waals surface area contributed by atoms with Gasteiger partial charge in [-0.15, -0.1) is 19.7 Å². The Hall–Kier alpha value is 0.0600. The standard InChI is InChI=1S/H2NO3S2/c1-5(2)6(3)4/h1H,(H,3,4)/q-1/p-1. The predicted octanol–water partition coefficient (Wildman–Crippen LogP) is -0.493. The Morgan fingerprint density at radius 2 is 2.00 bits per heavy atom. The Labute approximate surface area is 38.3 Å². The van der Waals surface area contributed by atoms with Crippen molar-refractivity contribution in [3.8, 4) is 0 Å². The third-order valence-electron chi connectivity index (χ3n) is 0.124. The monoisotopic (exact) mass is 127 g/mol. The van der Waals surface area contributed by atoms with Crippen molar-refractivity contribution in [2.24, 2.45) is 0 Å². The molecule has 0 saturated carbocycles. The average Bonchev–Trinajstić information content (AvgIpc) is 1.36. The van der Waals surface area contributed by atoms with E-state index in [1.807, 2.05) is 0 Å². The highest BCUT2D eigenvalue weighted by molar-refractivity contribution is 8.53. The lowest BCUT2D eigenvalue weighted by Crippen LogP contribution is -1.81. The van der Waals surface area contributed by atoms with Crippen LogP contribution >= 0.6 is 0 Å². The van der Waals surface area contributed by atoms with Crippen LogP contribution in [-0.2, 0) is 23.9 Å². The van der Waals surface area contributed by atoms with Gasteiger partial charge < -0.3 is 13.5 Å². The summed E-state index contributed by atoms with van der Waals surface area (Å²) >= 11 is 0. The van der Waals surface area contributed by atoms with Gasteiger partial charge in [0.15, 0.2) is 0 Å². The minimum atomic E-state index is -2.73. The Kier molecular flexibility index (Phi) is 2.29. The van der Waals surface area contributed by atoms with Crippen LogP contribution in [0.2, 0.25) is 0 Å². The minimum absolute atomic E-state index is 2.45. The van der Waals surface area contributed by atoms with E-state index in [-0.39, 0.29) is 0 Å². The van der Waals surface area contributed by atoms with Crippen LogP contribution in [0.25, 0.3) is 0 Å². The van der Waals surface area contributed by atoms with Crippen molar-refractivity contribution in [2.75, 3.05) is 0 Å². The molecular weight excluding hydrogens is 126 g/mol. The molecule has 0 aromatic rings. The summed E-state index contributed by atoms with van der Waals surface area (Å²) in [5, 5.41) is 0. The molecule has 0 amide bonds. The quantitative estimate of drug-likeness (QED) is 0.293. The van der Waals surface area contributed by atoms with Crippen molar-refractivity contribution in [1.82, 2.24) is 0 Å². The molecule has 0 radical (unpaired) electrons. The zero-order valence-corrected chi connectivity index (χ0v) is 4.17. The maximum Gasteiger partial charge on any atom is -0.113 e. The molecule has 0 aliphatic carbocycles. The van der Waals surface area contributed by atoms with Gasteiger partial charge in [-0.3, -0.25) is 4.21 Å². The molecular formula is HNO3S2-2. The Balaban J connectivity index is 3.94. The molecule has 0 fully saturated rings. The van der Waals surface area contributed by atoms with Gasteiger partial charge in [-0.1, -0.05) is 0 Å². The van der Waals surface area contributed by atoms with Gasteiger partial charge in [-0.25, -0.2) is 0 Å². The third-order valence-corrected chi connectivity index (χ3v) is 1.11. The molecule has 4 nitrogen and oxygen atoms in total. The Morgan fingerprint density at radius 1 is 1.83 bits per heavy atom. The summed E-state index contributed by atoms with van der Waals surface area (Å²) in [6.45, 7) is 0. The highest BCUT2D eigenvalue weighted by Gasteiger charge is 1.51. The SMILES string of the molecule is N=[S-](=O)S(=O)[O-]. The number of nitrogens with one attached hydrogen (secondary N) is 1. The van der Waals surface area contributed by atoms with E-state index in [1.54, 1.807) is 0 Å². The van der Waals surface area contributed by atoms with E-state index in [0.29, 0.717) is 0 Å². The maximum atomic E-state index is 9.31. The van der Waals surface area contributed by atoms with Gasteiger partial charge in [-0.05, 0) is 0 Å². The van der Waals surface area contributed by atoms with Crippen LogP contribution in [-0.4, -0.2) is 8.76 Å². The fraction of sp³-hybridized carbons (Fsp3) is 0. The molecule has 1 unspecified atom stereocenters.